The van der Waals surface area contributed by atoms with Gasteiger partial charge in [0.15, 0.2) is 0 Å². The topological polar surface area (TPSA) is 143 Å². The summed E-state index contributed by atoms with van der Waals surface area (Å²) in [6.07, 6.45) is 6.47. The maximum Gasteiger partial charge on any atom is 0.308 e. The van der Waals surface area contributed by atoms with Crippen molar-refractivity contribution in [3.8, 4) is 0 Å². The van der Waals surface area contributed by atoms with E-state index in [0.29, 0.717) is 51.9 Å². The number of carboxylic acids is 1. The molecule has 0 spiro atoms. The van der Waals surface area contributed by atoms with Crippen LogP contribution in [0.2, 0.25) is 0 Å². The number of hydrogen-bond acceptors (Lipinski definition) is 6. The molecule has 2 aliphatic rings. The molecule has 2 rings (SSSR count). The van der Waals surface area contributed by atoms with Gasteiger partial charge in [0.05, 0.1) is 43.7 Å². The van der Waals surface area contributed by atoms with Crippen molar-refractivity contribution >= 4 is 17.8 Å². The standard InChI is InChI=1S/C22H37NO7.H2O/c1-3-30-20(26)16-6-8-18(9-7-16)23-21(27)22(10-4-5-11-22)14-17(19(24)25)15-29-13-12-28-2;/h16-18H,3-15H2,1-2H3,(H,23,27)(H,24,25);1H2/t16-,17?,18+;. The summed E-state index contributed by atoms with van der Waals surface area (Å²) >= 11 is 0. The minimum absolute atomic E-state index is 0. The fourth-order valence-corrected chi connectivity index (χ4v) is 4.70. The number of aliphatic carboxylic acids is 1. The molecule has 180 valence electrons. The highest BCUT2D eigenvalue weighted by Gasteiger charge is 2.45. The molecule has 2 saturated carbocycles. The average Bonchev–Trinajstić information content (AvgIpc) is 3.21. The lowest BCUT2D eigenvalue weighted by Gasteiger charge is -2.34. The predicted molar refractivity (Wildman–Crippen MR) is 113 cm³/mol. The summed E-state index contributed by atoms with van der Waals surface area (Å²) in [6.45, 7) is 3.02. The predicted octanol–water partition coefficient (Wildman–Crippen LogP) is 1.71. The number of methoxy groups -OCH3 is 1. The molecule has 9 heteroatoms. The van der Waals surface area contributed by atoms with Crippen molar-refractivity contribution in [3.63, 3.8) is 0 Å². The van der Waals surface area contributed by atoms with E-state index >= 15 is 0 Å². The largest absolute Gasteiger partial charge is 0.481 e. The van der Waals surface area contributed by atoms with E-state index in [4.69, 9.17) is 14.2 Å². The van der Waals surface area contributed by atoms with Crippen LogP contribution in [-0.2, 0) is 28.6 Å². The molecule has 0 aromatic heterocycles. The zero-order valence-corrected chi connectivity index (χ0v) is 18.8. The van der Waals surface area contributed by atoms with Crippen LogP contribution in [0.1, 0.15) is 64.7 Å². The number of amides is 1. The molecule has 1 unspecified atom stereocenters. The highest BCUT2D eigenvalue weighted by atomic mass is 16.5. The third-order valence-corrected chi connectivity index (χ3v) is 6.46. The first-order chi connectivity index (χ1) is 14.4. The smallest absolute Gasteiger partial charge is 0.308 e. The Hall–Kier alpha value is -1.71. The maximum atomic E-state index is 13.2. The molecular formula is C22H39NO8. The van der Waals surface area contributed by atoms with Gasteiger partial charge in [0.25, 0.3) is 0 Å². The van der Waals surface area contributed by atoms with E-state index in [2.05, 4.69) is 5.32 Å². The van der Waals surface area contributed by atoms with Gasteiger partial charge in [-0.15, -0.1) is 0 Å². The second kappa shape index (κ2) is 13.6. The van der Waals surface area contributed by atoms with Gasteiger partial charge in [-0.2, -0.15) is 0 Å². The molecule has 1 amide bonds. The van der Waals surface area contributed by atoms with Crippen LogP contribution >= 0.6 is 0 Å². The van der Waals surface area contributed by atoms with Crippen LogP contribution < -0.4 is 5.32 Å². The summed E-state index contributed by atoms with van der Waals surface area (Å²) in [5.41, 5.74) is -0.647. The van der Waals surface area contributed by atoms with Crippen LogP contribution in [0.15, 0.2) is 0 Å². The highest BCUT2D eigenvalue weighted by Crippen LogP contribution is 2.44. The van der Waals surface area contributed by atoms with Crippen molar-refractivity contribution < 1.29 is 39.2 Å². The first-order valence-corrected chi connectivity index (χ1v) is 11.2. The highest BCUT2D eigenvalue weighted by molar-refractivity contribution is 5.84. The summed E-state index contributed by atoms with van der Waals surface area (Å²) in [7, 11) is 1.57. The Bertz CT molecular complexity index is 568. The molecule has 0 heterocycles. The molecule has 2 fully saturated rings. The van der Waals surface area contributed by atoms with Crippen LogP contribution in [0, 0.1) is 17.3 Å². The SMILES string of the molecule is CCOC(=O)[C@H]1CC[C@@H](NC(=O)C2(CC(COCCOC)C(=O)O)CCCC2)CC1.O. The van der Waals surface area contributed by atoms with E-state index in [1.54, 1.807) is 14.0 Å². The Morgan fingerprint density at radius 1 is 1.10 bits per heavy atom. The van der Waals surface area contributed by atoms with Gasteiger partial charge in [-0.25, -0.2) is 0 Å². The van der Waals surface area contributed by atoms with Crippen molar-refractivity contribution in [2.45, 2.75) is 70.8 Å². The van der Waals surface area contributed by atoms with Gasteiger partial charge in [-0.05, 0) is 51.9 Å². The second-order valence-corrected chi connectivity index (χ2v) is 8.57. The molecule has 9 nitrogen and oxygen atoms in total. The Morgan fingerprint density at radius 3 is 2.29 bits per heavy atom. The summed E-state index contributed by atoms with van der Waals surface area (Å²) in [5.74, 6) is -1.92. The van der Waals surface area contributed by atoms with E-state index in [1.807, 2.05) is 0 Å². The Balaban J connectivity index is 0.00000480. The lowest BCUT2D eigenvalue weighted by Crippen LogP contribution is -2.47. The van der Waals surface area contributed by atoms with Crippen LogP contribution in [0.3, 0.4) is 0 Å². The number of carbonyl (C=O) groups is 3. The number of rotatable bonds is 12. The molecular weight excluding hydrogens is 406 g/mol. The average molecular weight is 446 g/mol. The van der Waals surface area contributed by atoms with Crippen molar-refractivity contribution in [2.24, 2.45) is 17.3 Å². The zero-order chi connectivity index (χ0) is 22.0. The molecule has 4 N–H and O–H groups in total. The molecule has 1 atom stereocenters. The molecule has 0 bridgehead atoms. The van der Waals surface area contributed by atoms with E-state index in [-0.39, 0.29) is 35.9 Å². The minimum Gasteiger partial charge on any atom is -0.481 e. The van der Waals surface area contributed by atoms with E-state index in [1.165, 1.54) is 0 Å². The molecule has 0 radical (unpaired) electrons. The monoisotopic (exact) mass is 445 g/mol. The van der Waals surface area contributed by atoms with Gasteiger partial charge in [-0.3, -0.25) is 14.4 Å². The van der Waals surface area contributed by atoms with Crippen molar-refractivity contribution in [3.05, 3.63) is 0 Å². The molecule has 2 aliphatic carbocycles. The van der Waals surface area contributed by atoms with E-state index in [9.17, 15) is 19.5 Å². The Labute approximate surface area is 184 Å². The van der Waals surface area contributed by atoms with Crippen LogP contribution in [0.4, 0.5) is 0 Å². The van der Waals surface area contributed by atoms with Crippen LogP contribution in [-0.4, -0.2) is 68.0 Å². The van der Waals surface area contributed by atoms with Gasteiger partial charge in [0.1, 0.15) is 0 Å². The summed E-state index contributed by atoms with van der Waals surface area (Å²) < 4.78 is 15.5. The number of ether oxygens (including phenoxy) is 3. The fourth-order valence-electron chi connectivity index (χ4n) is 4.70. The first-order valence-electron chi connectivity index (χ1n) is 11.2. The van der Waals surface area contributed by atoms with E-state index in [0.717, 1.165) is 25.7 Å². The number of hydrogen-bond donors (Lipinski definition) is 2. The Morgan fingerprint density at radius 2 is 1.74 bits per heavy atom. The van der Waals surface area contributed by atoms with Crippen molar-refractivity contribution in [2.75, 3.05) is 33.5 Å². The number of carboxylic acid groups (broad SMARTS) is 1. The molecule has 31 heavy (non-hydrogen) atoms. The van der Waals surface area contributed by atoms with Crippen molar-refractivity contribution in [1.29, 1.82) is 0 Å². The summed E-state index contributed by atoms with van der Waals surface area (Å²) in [5, 5.41) is 12.8. The van der Waals surface area contributed by atoms with Gasteiger partial charge >= 0.3 is 11.9 Å². The normalized spacial score (nSPS) is 23.4. The first kappa shape index (κ1) is 27.3. The second-order valence-electron chi connectivity index (χ2n) is 8.57. The molecule has 0 aliphatic heterocycles. The lowest BCUT2D eigenvalue weighted by molar-refractivity contribution is -0.149. The van der Waals surface area contributed by atoms with Gasteiger partial charge in [0, 0.05) is 13.2 Å². The van der Waals surface area contributed by atoms with Gasteiger partial charge in [0.2, 0.25) is 5.91 Å². The zero-order valence-electron chi connectivity index (χ0n) is 18.8. The van der Waals surface area contributed by atoms with Gasteiger partial charge in [-0.1, -0.05) is 12.8 Å². The van der Waals surface area contributed by atoms with Crippen LogP contribution in [0.25, 0.3) is 0 Å². The maximum absolute atomic E-state index is 13.2. The molecule has 0 aromatic rings. The van der Waals surface area contributed by atoms with Gasteiger partial charge < -0.3 is 30.1 Å². The molecule has 0 aromatic carbocycles. The minimum atomic E-state index is -0.929. The Kier molecular flexibility index (Phi) is 12.0. The number of carbonyl (C=O) groups excluding carboxylic acids is 2. The van der Waals surface area contributed by atoms with Crippen molar-refractivity contribution in [1.82, 2.24) is 5.32 Å². The third-order valence-electron chi connectivity index (χ3n) is 6.46. The van der Waals surface area contributed by atoms with E-state index < -0.39 is 17.3 Å². The molecule has 0 saturated heterocycles. The number of esters is 1. The fraction of sp³-hybridized carbons (Fsp3) is 0.864. The number of nitrogens with one attached hydrogen (secondary N) is 1. The third kappa shape index (κ3) is 8.05. The van der Waals surface area contributed by atoms with Crippen LogP contribution in [0.5, 0.6) is 0 Å². The summed E-state index contributed by atoms with van der Waals surface area (Å²) in [6, 6.07) is 0.0295. The summed E-state index contributed by atoms with van der Waals surface area (Å²) in [4.78, 5) is 36.9. The quantitative estimate of drug-likeness (QED) is 0.344. The lowest BCUT2D eigenvalue weighted by atomic mass is 9.76.